The first-order chi connectivity index (χ1) is 6.37. The van der Waals surface area contributed by atoms with Crippen molar-refractivity contribution in [3.8, 4) is 0 Å². The third kappa shape index (κ3) is 1.61. The molecule has 0 N–H and O–H groups in total. The van der Waals surface area contributed by atoms with E-state index in [1.54, 1.807) is 13.8 Å². The number of carbonyl (C=O) groups is 2. The molecule has 0 bridgehead atoms. The van der Waals surface area contributed by atoms with Gasteiger partial charge in [0.25, 0.3) is 0 Å². The maximum atomic E-state index is 11.8. The van der Waals surface area contributed by atoms with Crippen LogP contribution >= 0.6 is 15.9 Å². The fourth-order valence-corrected chi connectivity index (χ4v) is 2.38. The van der Waals surface area contributed by atoms with Crippen molar-refractivity contribution in [1.82, 2.24) is 0 Å². The Morgan fingerprint density at radius 2 is 1.43 bits per heavy atom. The molecule has 0 aromatic carbocycles. The van der Waals surface area contributed by atoms with E-state index < -0.39 is 0 Å². The average molecular weight is 257 g/mol. The second-order valence-electron chi connectivity index (χ2n) is 3.79. The summed E-state index contributed by atoms with van der Waals surface area (Å²) in [7, 11) is 0. The van der Waals surface area contributed by atoms with E-state index in [1.165, 1.54) is 0 Å². The van der Waals surface area contributed by atoms with Crippen LogP contribution in [0.15, 0.2) is 21.2 Å². The molecule has 0 fully saturated rings. The van der Waals surface area contributed by atoms with Crippen molar-refractivity contribution in [2.75, 3.05) is 0 Å². The molecular formula is C11H13BrO2. The first kappa shape index (κ1) is 11.4. The summed E-state index contributed by atoms with van der Waals surface area (Å²) in [5.74, 6) is -0.00125. The Balaban J connectivity index is 3.34. The Labute approximate surface area is 92.2 Å². The minimum atomic E-state index is -0.0641. The Hall–Kier alpha value is -0.700. The first-order valence-electron chi connectivity index (χ1n) is 4.54. The van der Waals surface area contributed by atoms with Gasteiger partial charge in [-0.2, -0.15) is 0 Å². The quantitative estimate of drug-likeness (QED) is 0.677. The SMILES string of the molecule is CC1=C(C)C(=O)C(C(C)C)=C(Br)C1=O. The molecule has 0 aromatic heterocycles. The highest BCUT2D eigenvalue weighted by atomic mass is 79.9. The lowest BCUT2D eigenvalue weighted by molar-refractivity contribution is -0.116. The number of halogens is 1. The molecule has 0 amide bonds. The molecule has 1 aliphatic carbocycles. The third-order valence-corrected chi connectivity index (χ3v) is 3.29. The minimum absolute atomic E-state index is 0.0102. The van der Waals surface area contributed by atoms with Crippen molar-refractivity contribution < 1.29 is 9.59 Å². The number of ketones is 2. The number of allylic oxidation sites excluding steroid dienone is 4. The largest absolute Gasteiger partial charge is 0.289 e. The van der Waals surface area contributed by atoms with Gasteiger partial charge >= 0.3 is 0 Å². The molecule has 14 heavy (non-hydrogen) atoms. The highest BCUT2D eigenvalue weighted by Crippen LogP contribution is 2.31. The fourth-order valence-electron chi connectivity index (χ4n) is 1.44. The van der Waals surface area contributed by atoms with Gasteiger partial charge in [-0.3, -0.25) is 9.59 Å². The monoisotopic (exact) mass is 256 g/mol. The van der Waals surface area contributed by atoms with Crippen LogP contribution in [0, 0.1) is 5.92 Å². The van der Waals surface area contributed by atoms with Crippen molar-refractivity contribution in [1.29, 1.82) is 0 Å². The average Bonchev–Trinajstić information content (AvgIpc) is 2.11. The topological polar surface area (TPSA) is 34.1 Å². The zero-order chi connectivity index (χ0) is 11.0. The van der Waals surface area contributed by atoms with Crippen LogP contribution in [-0.4, -0.2) is 11.6 Å². The smallest absolute Gasteiger partial charge is 0.196 e. The van der Waals surface area contributed by atoms with Crippen molar-refractivity contribution in [3.63, 3.8) is 0 Å². The summed E-state index contributed by atoms with van der Waals surface area (Å²) in [6, 6.07) is 0. The van der Waals surface area contributed by atoms with Crippen molar-refractivity contribution in [2.45, 2.75) is 27.7 Å². The molecule has 0 aromatic rings. The van der Waals surface area contributed by atoms with Crippen LogP contribution < -0.4 is 0 Å². The van der Waals surface area contributed by atoms with Crippen molar-refractivity contribution in [2.24, 2.45) is 5.92 Å². The summed E-state index contributed by atoms with van der Waals surface area (Å²) < 4.78 is 0.431. The molecule has 1 aliphatic rings. The number of Topliss-reactive ketones (excluding diaryl/α,β-unsaturated/α-hetero) is 2. The normalized spacial score (nSPS) is 18.7. The molecule has 2 nitrogen and oxygen atoms in total. The summed E-state index contributed by atoms with van der Waals surface area (Å²) in [5, 5.41) is 0. The van der Waals surface area contributed by atoms with Gasteiger partial charge in [0.2, 0.25) is 0 Å². The highest BCUT2D eigenvalue weighted by molar-refractivity contribution is 9.12. The van der Waals surface area contributed by atoms with Gasteiger partial charge in [-0.25, -0.2) is 0 Å². The summed E-state index contributed by atoms with van der Waals surface area (Å²) in [6.07, 6.45) is 0. The van der Waals surface area contributed by atoms with Crippen molar-refractivity contribution >= 4 is 27.5 Å². The van der Waals surface area contributed by atoms with Crippen LogP contribution in [0.3, 0.4) is 0 Å². The van der Waals surface area contributed by atoms with E-state index in [9.17, 15) is 9.59 Å². The number of hydrogen-bond acceptors (Lipinski definition) is 2. The predicted molar refractivity (Wildman–Crippen MR) is 59.2 cm³/mol. The van der Waals surface area contributed by atoms with Gasteiger partial charge in [-0.1, -0.05) is 13.8 Å². The van der Waals surface area contributed by atoms with E-state index in [0.717, 1.165) is 0 Å². The molecule has 76 valence electrons. The zero-order valence-corrected chi connectivity index (χ0v) is 10.4. The standard InChI is InChI=1S/C11H13BrO2/c1-5(2)8-9(12)11(14)7(4)6(3)10(8)13/h5H,1-4H3. The second kappa shape index (κ2) is 3.81. The van der Waals surface area contributed by atoms with Crippen LogP contribution in [0.5, 0.6) is 0 Å². The van der Waals surface area contributed by atoms with Gasteiger partial charge in [-0.05, 0) is 35.7 Å². The van der Waals surface area contributed by atoms with E-state index in [1.807, 2.05) is 13.8 Å². The third-order valence-electron chi connectivity index (χ3n) is 2.50. The molecule has 0 saturated carbocycles. The molecule has 0 heterocycles. The van der Waals surface area contributed by atoms with Crippen molar-refractivity contribution in [3.05, 3.63) is 21.2 Å². The molecule has 0 spiro atoms. The van der Waals surface area contributed by atoms with Gasteiger partial charge in [0.05, 0.1) is 4.48 Å². The summed E-state index contributed by atoms with van der Waals surface area (Å²) in [6.45, 7) is 7.22. The lowest BCUT2D eigenvalue weighted by Gasteiger charge is -2.19. The molecule has 1 rings (SSSR count). The van der Waals surface area contributed by atoms with E-state index in [4.69, 9.17) is 0 Å². The predicted octanol–water partition coefficient (Wildman–Crippen LogP) is 2.78. The lowest BCUT2D eigenvalue weighted by atomic mass is 9.86. The molecular weight excluding hydrogens is 244 g/mol. The fraction of sp³-hybridized carbons (Fsp3) is 0.455. The van der Waals surface area contributed by atoms with Crippen LogP contribution in [0.1, 0.15) is 27.7 Å². The van der Waals surface area contributed by atoms with Gasteiger partial charge in [0.15, 0.2) is 11.6 Å². The van der Waals surface area contributed by atoms with Crippen LogP contribution in [0.4, 0.5) is 0 Å². The van der Waals surface area contributed by atoms with Gasteiger partial charge in [0, 0.05) is 16.7 Å². The summed E-state index contributed by atoms with van der Waals surface area (Å²) in [5.41, 5.74) is 1.71. The van der Waals surface area contributed by atoms with Gasteiger partial charge in [-0.15, -0.1) is 0 Å². The molecule has 3 heteroatoms. The Bertz CT molecular complexity index is 373. The highest BCUT2D eigenvalue weighted by Gasteiger charge is 2.30. The Morgan fingerprint density at radius 1 is 1.00 bits per heavy atom. The van der Waals surface area contributed by atoms with E-state index in [0.29, 0.717) is 21.2 Å². The minimum Gasteiger partial charge on any atom is -0.289 e. The van der Waals surface area contributed by atoms with E-state index in [-0.39, 0.29) is 17.5 Å². The molecule has 0 atom stereocenters. The molecule has 0 saturated heterocycles. The van der Waals surface area contributed by atoms with Gasteiger partial charge < -0.3 is 0 Å². The lowest BCUT2D eigenvalue weighted by Crippen LogP contribution is -2.22. The molecule has 0 unspecified atom stereocenters. The van der Waals surface area contributed by atoms with Crippen LogP contribution in [0.25, 0.3) is 0 Å². The Kier molecular flexibility index (Phi) is 3.10. The number of hydrogen-bond donors (Lipinski definition) is 0. The maximum Gasteiger partial charge on any atom is 0.196 e. The van der Waals surface area contributed by atoms with Gasteiger partial charge in [0.1, 0.15) is 0 Å². The maximum absolute atomic E-state index is 11.8. The second-order valence-corrected chi connectivity index (χ2v) is 4.58. The Morgan fingerprint density at radius 3 is 1.86 bits per heavy atom. The summed E-state index contributed by atoms with van der Waals surface area (Å²) in [4.78, 5) is 23.5. The van der Waals surface area contributed by atoms with Crippen LogP contribution in [-0.2, 0) is 9.59 Å². The number of rotatable bonds is 1. The van der Waals surface area contributed by atoms with Crippen LogP contribution in [0.2, 0.25) is 0 Å². The first-order valence-corrected chi connectivity index (χ1v) is 5.33. The molecule has 0 aliphatic heterocycles. The molecule has 0 radical (unpaired) electrons. The van der Waals surface area contributed by atoms with E-state index in [2.05, 4.69) is 15.9 Å². The summed E-state index contributed by atoms with van der Waals surface area (Å²) >= 11 is 3.20. The number of carbonyl (C=O) groups excluding carboxylic acids is 2. The van der Waals surface area contributed by atoms with E-state index >= 15 is 0 Å². The zero-order valence-electron chi connectivity index (χ0n) is 8.77.